The highest BCUT2D eigenvalue weighted by molar-refractivity contribution is 6.22. The first kappa shape index (κ1) is 33.0. The van der Waals surface area contributed by atoms with Crippen LogP contribution in [0, 0.1) is 0 Å². The summed E-state index contributed by atoms with van der Waals surface area (Å²) in [5, 5.41) is 4.29. The molecule has 12 rings (SSSR count). The minimum Gasteiger partial charge on any atom is -0.435 e. The van der Waals surface area contributed by atoms with Gasteiger partial charge in [0, 0.05) is 32.8 Å². The van der Waals surface area contributed by atoms with Crippen LogP contribution < -0.4 is 0 Å². The van der Waals surface area contributed by atoms with Crippen LogP contribution in [-0.4, -0.2) is 29.1 Å². The van der Waals surface area contributed by atoms with Crippen molar-refractivity contribution < 1.29 is 4.42 Å². The first-order valence-electron chi connectivity index (χ1n) is 19.7. The number of benzene rings is 8. The quantitative estimate of drug-likeness (QED) is 0.169. The molecule has 0 N–H and O–H groups in total. The molecule has 12 aromatic rings. The number of oxazole rings is 1. The second-order valence-corrected chi connectivity index (χ2v) is 14.6. The molecule has 4 aromatic heterocycles. The predicted octanol–water partition coefficient (Wildman–Crippen LogP) is 12.9. The van der Waals surface area contributed by atoms with Gasteiger partial charge in [-0.1, -0.05) is 152 Å². The molecule has 0 aliphatic rings. The molecule has 0 unspecified atom stereocenters. The summed E-state index contributed by atoms with van der Waals surface area (Å²) >= 11 is 0. The molecule has 0 radical (unpaired) electrons. The lowest BCUT2D eigenvalue weighted by atomic mass is 9.99. The van der Waals surface area contributed by atoms with Crippen molar-refractivity contribution in [2.45, 2.75) is 0 Å². The lowest BCUT2D eigenvalue weighted by molar-refractivity contribution is 0.623. The number of aromatic nitrogens is 6. The monoisotopic (exact) mass is 756 g/mol. The zero-order chi connectivity index (χ0) is 38.9. The van der Waals surface area contributed by atoms with Crippen LogP contribution in [0.1, 0.15) is 0 Å². The minimum atomic E-state index is 0.498. The van der Waals surface area contributed by atoms with Crippen molar-refractivity contribution in [2.75, 3.05) is 0 Å². The highest BCUT2D eigenvalue weighted by Crippen LogP contribution is 2.44. The van der Waals surface area contributed by atoms with Crippen molar-refractivity contribution in [3.05, 3.63) is 194 Å². The minimum absolute atomic E-state index is 0.498. The van der Waals surface area contributed by atoms with Gasteiger partial charge in [0.2, 0.25) is 11.8 Å². The number of rotatable bonds is 6. The average Bonchev–Trinajstić information content (AvgIpc) is 4.01. The summed E-state index contributed by atoms with van der Waals surface area (Å²) in [6.45, 7) is 0. The molecular weight excluding hydrogens is 725 g/mol. The van der Waals surface area contributed by atoms with Crippen molar-refractivity contribution in [3.63, 3.8) is 0 Å². The van der Waals surface area contributed by atoms with Gasteiger partial charge < -0.3 is 8.98 Å². The van der Waals surface area contributed by atoms with Gasteiger partial charge in [-0.05, 0) is 53.6 Å². The summed E-state index contributed by atoms with van der Waals surface area (Å²) in [7, 11) is 0. The Morgan fingerprint density at radius 3 is 1.63 bits per heavy atom. The molecule has 8 aromatic carbocycles. The Kier molecular flexibility index (Phi) is 7.40. The van der Waals surface area contributed by atoms with E-state index in [0.29, 0.717) is 29.1 Å². The van der Waals surface area contributed by atoms with Crippen molar-refractivity contribution in [1.29, 1.82) is 0 Å². The zero-order valence-corrected chi connectivity index (χ0v) is 31.6. The lowest BCUT2D eigenvalue weighted by Crippen LogP contribution is -2.08. The Morgan fingerprint density at radius 2 is 0.932 bits per heavy atom. The highest BCUT2D eigenvalue weighted by Gasteiger charge is 2.26. The smallest absolute Gasteiger partial charge is 0.238 e. The SMILES string of the molecule is c1ccc(-c2nc(-c3ccccc3)nc(-n3c4ccc5nc(-c6ccccc6)oc5c4c4cccc(-n5c6ccccc6c6c(-c7ccccc7)cccc65)c43)n2)cc1. The van der Waals surface area contributed by atoms with Gasteiger partial charge in [0.1, 0.15) is 5.52 Å². The maximum atomic E-state index is 6.76. The number of hydrogen-bond acceptors (Lipinski definition) is 5. The molecule has 0 fully saturated rings. The first-order chi connectivity index (χ1) is 29.3. The molecule has 0 saturated carbocycles. The van der Waals surface area contributed by atoms with E-state index in [1.807, 2.05) is 97.1 Å². The normalized spacial score (nSPS) is 11.7. The molecule has 0 spiro atoms. The maximum Gasteiger partial charge on any atom is 0.238 e. The van der Waals surface area contributed by atoms with Crippen LogP contribution >= 0.6 is 0 Å². The maximum absolute atomic E-state index is 6.76. The van der Waals surface area contributed by atoms with E-state index in [2.05, 4.69) is 106 Å². The van der Waals surface area contributed by atoms with Crippen LogP contribution in [0.2, 0.25) is 0 Å². The summed E-state index contributed by atoms with van der Waals surface area (Å²) in [6, 6.07) is 66.8. The lowest BCUT2D eigenvalue weighted by Gasteiger charge is -2.15. The molecule has 0 amide bonds. The van der Waals surface area contributed by atoms with Gasteiger partial charge in [-0.25, -0.2) is 9.97 Å². The Balaban J connectivity index is 1.24. The number of nitrogens with zero attached hydrogens (tertiary/aromatic N) is 6. The van der Waals surface area contributed by atoms with Gasteiger partial charge in [0.15, 0.2) is 17.2 Å². The number of para-hydroxylation sites is 2. The molecule has 0 atom stereocenters. The second-order valence-electron chi connectivity index (χ2n) is 14.6. The molecule has 7 heteroatoms. The molecule has 0 aliphatic carbocycles. The van der Waals surface area contributed by atoms with Gasteiger partial charge in [-0.3, -0.25) is 4.57 Å². The second kappa shape index (κ2) is 13.2. The van der Waals surface area contributed by atoms with E-state index in [0.717, 1.165) is 60.7 Å². The highest BCUT2D eigenvalue weighted by atomic mass is 16.3. The van der Waals surface area contributed by atoms with Crippen LogP contribution in [0.4, 0.5) is 0 Å². The van der Waals surface area contributed by atoms with E-state index in [-0.39, 0.29) is 0 Å². The van der Waals surface area contributed by atoms with E-state index >= 15 is 0 Å². The predicted molar refractivity (Wildman–Crippen MR) is 238 cm³/mol. The Bertz CT molecular complexity index is 3480. The number of hydrogen-bond donors (Lipinski definition) is 0. The molecule has 59 heavy (non-hydrogen) atoms. The molecule has 7 nitrogen and oxygen atoms in total. The van der Waals surface area contributed by atoms with Crippen molar-refractivity contribution in [2.24, 2.45) is 0 Å². The third-order valence-corrected chi connectivity index (χ3v) is 11.2. The van der Waals surface area contributed by atoms with Crippen LogP contribution in [0.25, 0.3) is 112 Å². The molecule has 0 saturated heterocycles. The third kappa shape index (κ3) is 5.22. The van der Waals surface area contributed by atoms with E-state index in [9.17, 15) is 0 Å². The van der Waals surface area contributed by atoms with Crippen LogP contribution in [0.5, 0.6) is 0 Å². The van der Waals surface area contributed by atoms with E-state index in [1.165, 1.54) is 21.9 Å². The van der Waals surface area contributed by atoms with Gasteiger partial charge in [0.05, 0.1) is 33.1 Å². The summed E-state index contributed by atoms with van der Waals surface area (Å²) in [5.74, 6) is 2.23. The van der Waals surface area contributed by atoms with E-state index in [1.54, 1.807) is 0 Å². The van der Waals surface area contributed by atoms with Gasteiger partial charge in [0.25, 0.3) is 0 Å². The summed E-state index contributed by atoms with van der Waals surface area (Å²) in [6.07, 6.45) is 0. The fraction of sp³-hybridized carbons (Fsp3) is 0. The third-order valence-electron chi connectivity index (χ3n) is 11.2. The summed E-state index contributed by atoms with van der Waals surface area (Å²) in [4.78, 5) is 20.6. The number of fused-ring (bicyclic) bond motifs is 8. The average molecular weight is 757 g/mol. The van der Waals surface area contributed by atoms with Crippen LogP contribution in [0.3, 0.4) is 0 Å². The fourth-order valence-electron chi connectivity index (χ4n) is 8.64. The van der Waals surface area contributed by atoms with Crippen LogP contribution in [0.15, 0.2) is 199 Å². The topological polar surface area (TPSA) is 74.6 Å². The van der Waals surface area contributed by atoms with Crippen molar-refractivity contribution in [1.82, 2.24) is 29.1 Å². The molecule has 0 bridgehead atoms. The van der Waals surface area contributed by atoms with E-state index in [4.69, 9.17) is 24.4 Å². The molecule has 0 aliphatic heterocycles. The fourth-order valence-corrected chi connectivity index (χ4v) is 8.64. The van der Waals surface area contributed by atoms with Gasteiger partial charge in [-0.15, -0.1) is 0 Å². The van der Waals surface area contributed by atoms with E-state index < -0.39 is 0 Å². The molecule has 276 valence electrons. The summed E-state index contributed by atoms with van der Waals surface area (Å²) in [5.41, 5.74) is 11.5. The Morgan fingerprint density at radius 1 is 0.373 bits per heavy atom. The Labute approximate surface area is 338 Å². The Hall–Kier alpha value is -8.16. The van der Waals surface area contributed by atoms with Gasteiger partial charge in [-0.2, -0.15) is 9.97 Å². The standard InChI is InChI=1S/C52H32N6O/c1-5-17-33(18-6-1)37-26-15-29-42-45(37)38-25-13-14-28-41(38)57(42)44-30-16-27-39-46-43(32-31-40-48(46)59-51(53-40)36-23-11-4-12-24-36)58(47(39)44)52-55-49(34-19-7-2-8-20-34)54-50(56-52)35-21-9-3-10-22-35/h1-32H. The molecule has 4 heterocycles. The van der Waals surface area contributed by atoms with Crippen molar-refractivity contribution >= 4 is 54.7 Å². The summed E-state index contributed by atoms with van der Waals surface area (Å²) < 4.78 is 11.3. The van der Waals surface area contributed by atoms with Crippen LogP contribution in [-0.2, 0) is 0 Å². The van der Waals surface area contributed by atoms with Crippen molar-refractivity contribution in [3.8, 4) is 57.0 Å². The first-order valence-corrected chi connectivity index (χ1v) is 19.7. The van der Waals surface area contributed by atoms with Gasteiger partial charge >= 0.3 is 0 Å². The molecular formula is C52H32N6O. The largest absolute Gasteiger partial charge is 0.435 e. The zero-order valence-electron chi connectivity index (χ0n) is 31.6.